The lowest BCUT2D eigenvalue weighted by Crippen LogP contribution is -2.37. The van der Waals surface area contributed by atoms with Gasteiger partial charge in [-0.05, 0) is 104 Å². The van der Waals surface area contributed by atoms with Gasteiger partial charge in [-0.2, -0.15) is 0 Å². The molecule has 0 aliphatic heterocycles. The number of carbonyl (C=O) groups is 1. The quantitative estimate of drug-likeness (QED) is 0.278. The molecule has 1 aliphatic rings. The summed E-state index contributed by atoms with van der Waals surface area (Å²) in [5.41, 5.74) is 3.19. The van der Waals surface area contributed by atoms with Gasteiger partial charge in [0.1, 0.15) is 0 Å². The second-order valence-electron chi connectivity index (χ2n) is 9.18. The first-order valence-corrected chi connectivity index (χ1v) is 14.6. The zero-order valence-electron chi connectivity index (χ0n) is 20.0. The molecule has 4 rings (SSSR count). The third-order valence-corrected chi connectivity index (χ3v) is 9.09. The van der Waals surface area contributed by atoms with Crippen LogP contribution in [-0.4, -0.2) is 20.9 Å². The molecule has 3 aromatic carbocycles. The van der Waals surface area contributed by atoms with Crippen LogP contribution in [0.25, 0.3) is 0 Å². The number of halogens is 3. The number of aryl methyl sites for hydroxylation is 2. The fourth-order valence-corrected chi connectivity index (χ4v) is 6.43. The molecule has 1 N–H and O–H groups in total. The number of hydrogen-bond donors (Lipinski definition) is 1. The summed E-state index contributed by atoms with van der Waals surface area (Å²) in [5.74, 6) is 0.0373. The van der Waals surface area contributed by atoms with Gasteiger partial charge in [-0.1, -0.05) is 45.2 Å². The van der Waals surface area contributed by atoms with Gasteiger partial charge in [0, 0.05) is 27.5 Å². The third kappa shape index (κ3) is 6.43. The molecule has 0 saturated heterocycles. The van der Waals surface area contributed by atoms with E-state index in [1.165, 1.54) is 4.31 Å². The Morgan fingerprint density at radius 2 is 1.67 bits per heavy atom. The van der Waals surface area contributed by atoms with Crippen LogP contribution in [0, 0.1) is 19.8 Å². The molecule has 1 fully saturated rings. The van der Waals surface area contributed by atoms with E-state index in [1.807, 2.05) is 32.0 Å². The van der Waals surface area contributed by atoms with E-state index in [2.05, 4.69) is 21.2 Å². The fraction of sp³-hybridized carbons (Fsp3) is 0.296. The van der Waals surface area contributed by atoms with Crippen LogP contribution in [0.2, 0.25) is 10.0 Å². The molecule has 0 radical (unpaired) electrons. The van der Waals surface area contributed by atoms with Gasteiger partial charge >= 0.3 is 0 Å². The largest absolute Gasteiger partial charge is 0.349 e. The molecule has 0 spiro atoms. The minimum Gasteiger partial charge on any atom is -0.349 e. The first-order chi connectivity index (χ1) is 17.0. The van der Waals surface area contributed by atoms with Crippen molar-refractivity contribution in [3.05, 3.63) is 91.9 Å². The lowest BCUT2D eigenvalue weighted by atomic mass is 10.0. The standard InChI is InChI=1S/C27H27BrCl2N2O3S/c1-17-13-18(2)15-22(14-17)32(36(34,35)23-8-5-20(28)6-9-23)12-11-26(33)31-27(19-3-4-19)24-16-21(29)7-10-25(24)30/h5-10,13-16,19,27H,3-4,11-12H2,1-2H3,(H,31,33). The molecule has 1 saturated carbocycles. The smallest absolute Gasteiger partial charge is 0.264 e. The van der Waals surface area contributed by atoms with Crippen LogP contribution in [0.15, 0.2) is 70.0 Å². The second kappa shape index (κ2) is 11.1. The fourth-order valence-electron chi connectivity index (χ4n) is 4.30. The van der Waals surface area contributed by atoms with Crippen LogP contribution in [0.5, 0.6) is 0 Å². The van der Waals surface area contributed by atoms with Gasteiger partial charge in [0.25, 0.3) is 10.0 Å². The minimum absolute atomic E-state index is 0.00616. The summed E-state index contributed by atoms with van der Waals surface area (Å²) in [6.45, 7) is 3.83. The predicted molar refractivity (Wildman–Crippen MR) is 149 cm³/mol. The number of hydrogen-bond acceptors (Lipinski definition) is 3. The van der Waals surface area contributed by atoms with Gasteiger partial charge in [0.05, 0.1) is 16.6 Å². The summed E-state index contributed by atoms with van der Waals surface area (Å²) >= 11 is 16.0. The van der Waals surface area contributed by atoms with Crippen molar-refractivity contribution in [3.8, 4) is 0 Å². The number of nitrogens with zero attached hydrogens (tertiary/aromatic N) is 1. The molecule has 1 unspecified atom stereocenters. The highest BCUT2D eigenvalue weighted by molar-refractivity contribution is 9.10. The van der Waals surface area contributed by atoms with Gasteiger partial charge in [0.2, 0.25) is 5.91 Å². The van der Waals surface area contributed by atoms with Crippen LogP contribution in [0.1, 0.15) is 42.0 Å². The lowest BCUT2D eigenvalue weighted by Gasteiger charge is -2.26. The van der Waals surface area contributed by atoms with Crippen LogP contribution in [0.3, 0.4) is 0 Å². The number of sulfonamides is 1. The van der Waals surface area contributed by atoms with Crippen molar-refractivity contribution in [2.75, 3.05) is 10.8 Å². The van der Waals surface area contributed by atoms with E-state index in [4.69, 9.17) is 23.2 Å². The Morgan fingerprint density at radius 3 is 2.28 bits per heavy atom. The molecule has 0 heterocycles. The summed E-state index contributed by atoms with van der Waals surface area (Å²) in [4.78, 5) is 13.3. The van der Waals surface area contributed by atoms with E-state index in [0.29, 0.717) is 15.7 Å². The van der Waals surface area contributed by atoms with Crippen molar-refractivity contribution in [2.45, 2.75) is 44.0 Å². The Kier molecular flexibility index (Phi) is 8.35. The molecule has 1 atom stereocenters. The van der Waals surface area contributed by atoms with Crippen molar-refractivity contribution in [2.24, 2.45) is 5.92 Å². The highest BCUT2D eigenvalue weighted by Crippen LogP contribution is 2.43. The van der Waals surface area contributed by atoms with Gasteiger partial charge in [-0.3, -0.25) is 9.10 Å². The monoisotopic (exact) mass is 608 g/mol. The number of rotatable bonds is 9. The molecule has 36 heavy (non-hydrogen) atoms. The third-order valence-electron chi connectivity index (χ3n) is 6.14. The Morgan fingerprint density at radius 1 is 1.03 bits per heavy atom. The first kappa shape index (κ1) is 27.0. The maximum absolute atomic E-state index is 13.7. The summed E-state index contributed by atoms with van der Waals surface area (Å²) in [6.07, 6.45) is 1.96. The summed E-state index contributed by atoms with van der Waals surface area (Å²) in [6, 6.07) is 17.1. The van der Waals surface area contributed by atoms with Crippen LogP contribution < -0.4 is 9.62 Å². The van der Waals surface area contributed by atoms with Gasteiger partial charge in [-0.15, -0.1) is 0 Å². The van der Waals surface area contributed by atoms with E-state index in [0.717, 1.165) is 34.0 Å². The summed E-state index contributed by atoms with van der Waals surface area (Å²) in [7, 11) is -3.90. The van der Waals surface area contributed by atoms with Crippen molar-refractivity contribution < 1.29 is 13.2 Å². The number of anilines is 1. The van der Waals surface area contributed by atoms with Gasteiger partial charge < -0.3 is 5.32 Å². The molecular formula is C27H27BrCl2N2O3S. The van der Waals surface area contributed by atoms with E-state index >= 15 is 0 Å². The molecule has 0 bridgehead atoms. The minimum atomic E-state index is -3.90. The topological polar surface area (TPSA) is 66.5 Å². The highest BCUT2D eigenvalue weighted by Gasteiger charge is 2.35. The molecule has 1 aliphatic carbocycles. The predicted octanol–water partition coefficient (Wildman–Crippen LogP) is 7.23. The Bertz CT molecular complexity index is 1360. The second-order valence-corrected chi connectivity index (χ2v) is 12.8. The number of nitrogens with one attached hydrogen (secondary N) is 1. The molecule has 1 amide bonds. The SMILES string of the molecule is Cc1cc(C)cc(N(CCC(=O)NC(c2cc(Cl)ccc2Cl)C2CC2)S(=O)(=O)c2ccc(Br)cc2)c1. The van der Waals surface area contributed by atoms with Crippen molar-refractivity contribution in [1.82, 2.24) is 5.32 Å². The van der Waals surface area contributed by atoms with Crippen molar-refractivity contribution in [3.63, 3.8) is 0 Å². The van der Waals surface area contributed by atoms with Crippen LogP contribution >= 0.6 is 39.1 Å². The zero-order valence-corrected chi connectivity index (χ0v) is 23.9. The zero-order chi connectivity index (χ0) is 26.0. The molecule has 9 heteroatoms. The lowest BCUT2D eigenvalue weighted by molar-refractivity contribution is -0.121. The van der Waals surface area contributed by atoms with Crippen LogP contribution in [-0.2, 0) is 14.8 Å². The number of carbonyl (C=O) groups excluding carboxylic acids is 1. The molecule has 0 aromatic heterocycles. The first-order valence-electron chi connectivity index (χ1n) is 11.7. The molecule has 5 nitrogen and oxygen atoms in total. The molecule has 3 aromatic rings. The highest BCUT2D eigenvalue weighted by atomic mass is 79.9. The molecule has 190 valence electrons. The Hall–Kier alpha value is -2.06. The average Bonchev–Trinajstić information content (AvgIpc) is 3.64. The van der Waals surface area contributed by atoms with E-state index in [-0.39, 0.29) is 35.7 Å². The summed E-state index contributed by atoms with van der Waals surface area (Å²) in [5, 5.41) is 4.18. The maximum Gasteiger partial charge on any atom is 0.264 e. The number of amides is 1. The summed E-state index contributed by atoms with van der Waals surface area (Å²) < 4.78 is 29.4. The Balaban J connectivity index is 1.58. The van der Waals surface area contributed by atoms with E-state index < -0.39 is 10.0 Å². The van der Waals surface area contributed by atoms with E-state index in [1.54, 1.807) is 42.5 Å². The maximum atomic E-state index is 13.7. The van der Waals surface area contributed by atoms with Crippen LogP contribution in [0.4, 0.5) is 5.69 Å². The Labute approximate surface area is 231 Å². The number of benzene rings is 3. The molecular weight excluding hydrogens is 583 g/mol. The normalized spacial score (nSPS) is 14.4. The van der Waals surface area contributed by atoms with E-state index in [9.17, 15) is 13.2 Å². The van der Waals surface area contributed by atoms with Crippen molar-refractivity contribution in [1.29, 1.82) is 0 Å². The average molecular weight is 610 g/mol. The van der Waals surface area contributed by atoms with Gasteiger partial charge in [-0.25, -0.2) is 8.42 Å². The van der Waals surface area contributed by atoms with Crippen molar-refractivity contribution >= 4 is 60.7 Å². The van der Waals surface area contributed by atoms with Gasteiger partial charge in [0.15, 0.2) is 0 Å².